The molecule has 6 aromatic rings. The number of aromatic nitrogens is 2. The Morgan fingerprint density at radius 2 is 1.31 bits per heavy atom. The first-order chi connectivity index (χ1) is 24.6. The fraction of sp³-hybridized carbons (Fsp3) is 0.214. The van der Waals surface area contributed by atoms with Crippen LogP contribution in [-0.4, -0.2) is 45.4 Å². The third-order valence-electron chi connectivity index (χ3n) is 9.28. The summed E-state index contributed by atoms with van der Waals surface area (Å²) >= 11 is 13.4. The van der Waals surface area contributed by atoms with Gasteiger partial charge in [0.25, 0.3) is 0 Å². The maximum absolute atomic E-state index is 14.1. The molecule has 1 aromatic heterocycles. The van der Waals surface area contributed by atoms with Gasteiger partial charge in [-0.15, -0.1) is 0 Å². The second-order valence-electron chi connectivity index (χ2n) is 13.8. The normalized spacial score (nSPS) is 14.8. The van der Waals surface area contributed by atoms with Gasteiger partial charge in [0.05, 0.1) is 11.4 Å². The van der Waals surface area contributed by atoms with Crippen molar-refractivity contribution in [1.82, 2.24) is 14.7 Å². The number of hydrogen-bond acceptors (Lipinski definition) is 4. The average Bonchev–Trinajstić information content (AvgIpc) is 3.76. The lowest BCUT2D eigenvalue weighted by Gasteiger charge is -2.37. The van der Waals surface area contributed by atoms with Gasteiger partial charge in [0, 0.05) is 34.1 Å². The molecule has 0 saturated carbocycles. The van der Waals surface area contributed by atoms with E-state index >= 15 is 0 Å². The predicted molar refractivity (Wildman–Crippen MR) is 204 cm³/mol. The van der Waals surface area contributed by atoms with Crippen molar-refractivity contribution in [2.45, 2.75) is 38.3 Å². The largest absolute Gasteiger partial charge is 0.444 e. The smallest absolute Gasteiger partial charge is 0.410 e. The quantitative estimate of drug-likeness (QED) is 0.167. The molecule has 7 rings (SSSR count). The molecule has 1 fully saturated rings. The molecule has 0 spiro atoms. The summed E-state index contributed by atoms with van der Waals surface area (Å²) in [6.07, 6.45) is 0.0822. The van der Waals surface area contributed by atoms with Crippen LogP contribution in [0.1, 0.15) is 43.9 Å². The van der Waals surface area contributed by atoms with Crippen LogP contribution in [0.2, 0.25) is 10.0 Å². The Morgan fingerprint density at radius 3 is 1.84 bits per heavy atom. The molecule has 1 saturated heterocycles. The van der Waals surface area contributed by atoms with E-state index in [-0.39, 0.29) is 12.5 Å². The van der Waals surface area contributed by atoms with Crippen LogP contribution in [-0.2, 0) is 15.1 Å². The Balaban J connectivity index is 1.42. The van der Waals surface area contributed by atoms with E-state index in [0.29, 0.717) is 39.8 Å². The van der Waals surface area contributed by atoms with Crippen molar-refractivity contribution < 1.29 is 14.3 Å². The Kier molecular flexibility index (Phi) is 9.36. The number of ether oxygens (including phenoxy) is 1. The van der Waals surface area contributed by atoms with E-state index in [4.69, 9.17) is 33.0 Å². The topological polar surface area (TPSA) is 76.5 Å². The summed E-state index contributed by atoms with van der Waals surface area (Å²) in [5.41, 5.74) is 3.68. The maximum atomic E-state index is 14.1. The molecule has 1 aliphatic rings. The number of amides is 2. The molecule has 7 nitrogen and oxygen atoms in total. The number of benzene rings is 5. The SMILES string of the molecule is CC(C)(C)OC(=O)N1CCC(C(=O)Nc2nn(C(c3ccccc3)(c3ccccc3)c3ccccc3)c3ccc(-c4c(Cl)cccc4Cl)cc23)C1. The van der Waals surface area contributed by atoms with Gasteiger partial charge in [-0.1, -0.05) is 126 Å². The van der Waals surface area contributed by atoms with E-state index in [0.717, 1.165) is 27.8 Å². The number of halogens is 2. The molecule has 0 radical (unpaired) electrons. The highest BCUT2D eigenvalue weighted by atomic mass is 35.5. The lowest BCUT2D eigenvalue weighted by molar-refractivity contribution is -0.119. The van der Waals surface area contributed by atoms with Crippen LogP contribution in [0.4, 0.5) is 10.6 Å². The molecule has 1 aliphatic heterocycles. The number of nitrogens with zero attached hydrogens (tertiary/aromatic N) is 3. The molecule has 9 heteroatoms. The Hall–Kier alpha value is -5.11. The van der Waals surface area contributed by atoms with Gasteiger partial charge >= 0.3 is 6.09 Å². The zero-order valence-electron chi connectivity index (χ0n) is 28.6. The van der Waals surface area contributed by atoms with Crippen molar-refractivity contribution in [2.24, 2.45) is 5.92 Å². The van der Waals surface area contributed by atoms with Crippen molar-refractivity contribution in [1.29, 1.82) is 0 Å². The number of carbonyl (C=O) groups excluding carboxylic acids is 2. The Bertz CT molecular complexity index is 2080. The molecular formula is C42H38Cl2N4O3. The molecule has 5 aromatic carbocycles. The van der Waals surface area contributed by atoms with Gasteiger partial charge in [0.2, 0.25) is 5.91 Å². The molecule has 2 heterocycles. The molecule has 2 amide bonds. The van der Waals surface area contributed by atoms with Gasteiger partial charge in [0.1, 0.15) is 11.1 Å². The first-order valence-corrected chi connectivity index (χ1v) is 17.7. The van der Waals surface area contributed by atoms with Gasteiger partial charge in [-0.3, -0.25) is 4.79 Å². The molecular weight excluding hydrogens is 679 g/mol. The van der Waals surface area contributed by atoms with Crippen molar-refractivity contribution in [3.8, 4) is 11.1 Å². The van der Waals surface area contributed by atoms with E-state index in [2.05, 4.69) is 41.7 Å². The van der Waals surface area contributed by atoms with Crippen LogP contribution < -0.4 is 5.32 Å². The highest BCUT2D eigenvalue weighted by Gasteiger charge is 2.41. The zero-order chi connectivity index (χ0) is 35.8. The number of fused-ring (bicyclic) bond motifs is 1. The predicted octanol–water partition coefficient (Wildman–Crippen LogP) is 10.0. The summed E-state index contributed by atoms with van der Waals surface area (Å²) in [7, 11) is 0. The summed E-state index contributed by atoms with van der Waals surface area (Å²) in [6.45, 7) is 6.17. The number of hydrogen-bond donors (Lipinski definition) is 1. The van der Waals surface area contributed by atoms with E-state index in [1.807, 2.05) is 104 Å². The van der Waals surface area contributed by atoms with E-state index in [1.165, 1.54) is 0 Å². The monoisotopic (exact) mass is 716 g/mol. The average molecular weight is 718 g/mol. The van der Waals surface area contributed by atoms with Crippen LogP contribution in [0.3, 0.4) is 0 Å². The third-order valence-corrected chi connectivity index (χ3v) is 9.91. The minimum atomic E-state index is -0.935. The molecule has 51 heavy (non-hydrogen) atoms. The number of anilines is 1. The molecule has 258 valence electrons. The maximum Gasteiger partial charge on any atom is 0.410 e. The van der Waals surface area contributed by atoms with Crippen LogP contribution in [0.25, 0.3) is 22.0 Å². The van der Waals surface area contributed by atoms with Crippen LogP contribution >= 0.6 is 23.2 Å². The minimum Gasteiger partial charge on any atom is -0.444 e. The molecule has 1 unspecified atom stereocenters. The lowest BCUT2D eigenvalue weighted by Crippen LogP contribution is -2.38. The first kappa shape index (κ1) is 34.3. The third kappa shape index (κ3) is 6.60. The fourth-order valence-electron chi connectivity index (χ4n) is 6.99. The summed E-state index contributed by atoms with van der Waals surface area (Å²) in [5, 5.41) is 10.2. The molecule has 1 N–H and O–H groups in total. The number of likely N-dealkylation sites (tertiary alicyclic amines) is 1. The second kappa shape index (κ2) is 13.9. The minimum absolute atomic E-state index is 0.224. The Labute approximate surface area is 307 Å². The van der Waals surface area contributed by atoms with Crippen molar-refractivity contribution in [2.75, 3.05) is 18.4 Å². The molecule has 0 aliphatic carbocycles. The van der Waals surface area contributed by atoms with Crippen molar-refractivity contribution >= 4 is 51.9 Å². The van der Waals surface area contributed by atoms with E-state index < -0.39 is 23.2 Å². The Morgan fingerprint density at radius 1 is 0.765 bits per heavy atom. The lowest BCUT2D eigenvalue weighted by atomic mass is 9.77. The number of rotatable bonds is 7. The van der Waals surface area contributed by atoms with Gasteiger partial charge in [-0.25, -0.2) is 9.48 Å². The summed E-state index contributed by atoms with van der Waals surface area (Å²) in [5.74, 6) is -0.275. The summed E-state index contributed by atoms with van der Waals surface area (Å²) in [6, 6.07) is 42.2. The standard InChI is InChI=1S/C42H38Cl2N4O3/c1-41(2,3)51-40(50)47-25-24-29(27-47)39(49)45-38-33-26-28(37-34(43)20-13-21-35(37)44)22-23-36(33)48(46-38)42(30-14-7-4-8-15-30,31-16-9-5-10-17-31)32-18-11-6-12-19-32/h4-23,26,29H,24-25,27H2,1-3H3,(H,45,46,49). The van der Waals surface area contributed by atoms with Crippen LogP contribution in [0.5, 0.6) is 0 Å². The summed E-state index contributed by atoms with van der Waals surface area (Å²) < 4.78 is 7.60. The summed E-state index contributed by atoms with van der Waals surface area (Å²) in [4.78, 5) is 28.5. The van der Waals surface area contributed by atoms with Gasteiger partial charge in [0.15, 0.2) is 5.82 Å². The van der Waals surface area contributed by atoms with Gasteiger partial charge in [-0.2, -0.15) is 5.10 Å². The first-order valence-electron chi connectivity index (χ1n) is 17.0. The zero-order valence-corrected chi connectivity index (χ0v) is 30.2. The molecule has 1 atom stereocenters. The fourth-order valence-corrected chi connectivity index (χ4v) is 7.60. The molecule has 0 bridgehead atoms. The van der Waals surface area contributed by atoms with Crippen molar-refractivity contribution in [3.05, 3.63) is 154 Å². The highest BCUT2D eigenvalue weighted by molar-refractivity contribution is 6.39. The van der Waals surface area contributed by atoms with Crippen LogP contribution in [0, 0.1) is 5.92 Å². The second-order valence-corrected chi connectivity index (χ2v) is 14.6. The van der Waals surface area contributed by atoms with Gasteiger partial charge < -0.3 is 15.0 Å². The number of carbonyl (C=O) groups is 2. The number of nitrogens with one attached hydrogen (secondary N) is 1. The van der Waals surface area contributed by atoms with E-state index in [1.54, 1.807) is 17.0 Å². The highest BCUT2D eigenvalue weighted by Crippen LogP contribution is 2.45. The van der Waals surface area contributed by atoms with Gasteiger partial charge in [-0.05, 0) is 73.7 Å². The van der Waals surface area contributed by atoms with Crippen LogP contribution in [0.15, 0.2) is 127 Å². The van der Waals surface area contributed by atoms with Crippen molar-refractivity contribution in [3.63, 3.8) is 0 Å². The van der Waals surface area contributed by atoms with E-state index in [9.17, 15) is 9.59 Å².